The van der Waals surface area contributed by atoms with Gasteiger partial charge in [0, 0.05) is 11.8 Å². The van der Waals surface area contributed by atoms with Crippen molar-refractivity contribution in [3.8, 4) is 5.75 Å². The molecule has 0 aliphatic carbocycles. The van der Waals surface area contributed by atoms with Crippen molar-refractivity contribution in [3.63, 3.8) is 0 Å². The lowest BCUT2D eigenvalue weighted by atomic mass is 10.2. The summed E-state index contributed by atoms with van der Waals surface area (Å²) in [6.45, 7) is 9.51. The van der Waals surface area contributed by atoms with E-state index in [1.807, 2.05) is 26.0 Å². The normalized spacial score (nSPS) is 16.4. The van der Waals surface area contributed by atoms with Crippen LogP contribution in [0.5, 0.6) is 5.75 Å². The molecule has 23 heavy (non-hydrogen) atoms. The maximum Gasteiger partial charge on any atom is 0.319 e. The molecule has 0 bridgehead atoms. The van der Waals surface area contributed by atoms with E-state index < -0.39 is 5.79 Å². The number of hydrogen-bond donors (Lipinski definition) is 2. The van der Waals surface area contributed by atoms with E-state index in [1.165, 1.54) is 0 Å². The van der Waals surface area contributed by atoms with Gasteiger partial charge in [-0.2, -0.15) is 0 Å². The monoisotopic (exact) mass is 320 g/mol. The first kappa shape index (κ1) is 17.3. The van der Waals surface area contributed by atoms with Crippen LogP contribution in [-0.2, 0) is 9.47 Å². The topological polar surface area (TPSA) is 68.8 Å². The fourth-order valence-corrected chi connectivity index (χ4v) is 2.07. The van der Waals surface area contributed by atoms with Crippen LogP contribution in [0.15, 0.2) is 36.4 Å². The van der Waals surface area contributed by atoms with Crippen molar-refractivity contribution in [2.45, 2.75) is 26.1 Å². The minimum Gasteiger partial charge on any atom is -0.489 e. The Morgan fingerprint density at radius 2 is 2.13 bits per heavy atom. The molecule has 2 rings (SSSR count). The van der Waals surface area contributed by atoms with Crippen LogP contribution in [0, 0.1) is 0 Å². The highest BCUT2D eigenvalue weighted by atomic mass is 16.7. The Balaban J connectivity index is 1.82. The summed E-state index contributed by atoms with van der Waals surface area (Å²) in [7, 11) is 0. The number of benzene rings is 1. The third-order valence-electron chi connectivity index (χ3n) is 3.25. The van der Waals surface area contributed by atoms with Gasteiger partial charge >= 0.3 is 6.03 Å². The van der Waals surface area contributed by atoms with E-state index in [9.17, 15) is 4.79 Å². The number of ether oxygens (including phenoxy) is 3. The molecule has 1 aromatic rings. The lowest BCUT2D eigenvalue weighted by Crippen LogP contribution is -2.48. The molecule has 1 aromatic carbocycles. The van der Waals surface area contributed by atoms with E-state index in [2.05, 4.69) is 17.2 Å². The summed E-state index contributed by atoms with van der Waals surface area (Å²) >= 11 is 0. The molecule has 1 heterocycles. The minimum absolute atomic E-state index is 0.282. The number of rotatable bonds is 6. The fourth-order valence-electron chi connectivity index (χ4n) is 2.07. The van der Waals surface area contributed by atoms with Gasteiger partial charge in [-0.1, -0.05) is 12.6 Å². The van der Waals surface area contributed by atoms with Crippen LogP contribution in [0.1, 0.15) is 20.3 Å². The number of carbonyl (C=O) groups excluding carboxylic acids is 1. The average Bonchev–Trinajstić information content (AvgIpc) is 2.52. The highest BCUT2D eigenvalue weighted by Gasteiger charge is 2.29. The summed E-state index contributed by atoms with van der Waals surface area (Å²) in [5.74, 6) is -0.0844. The molecule has 0 spiro atoms. The second-order valence-corrected chi connectivity index (χ2v) is 5.77. The first-order valence-corrected chi connectivity index (χ1v) is 7.67. The van der Waals surface area contributed by atoms with Crippen molar-refractivity contribution in [2.75, 3.05) is 31.7 Å². The number of hydrogen-bond acceptors (Lipinski definition) is 4. The van der Waals surface area contributed by atoms with Crippen molar-refractivity contribution >= 4 is 11.7 Å². The molecule has 0 saturated carbocycles. The maximum absolute atomic E-state index is 12.0. The van der Waals surface area contributed by atoms with Crippen LogP contribution >= 0.6 is 0 Å². The van der Waals surface area contributed by atoms with Gasteiger partial charge in [0.05, 0.1) is 19.8 Å². The molecule has 6 heteroatoms. The van der Waals surface area contributed by atoms with Crippen molar-refractivity contribution < 1.29 is 19.0 Å². The molecule has 2 amide bonds. The number of anilines is 1. The van der Waals surface area contributed by atoms with Crippen LogP contribution in [-0.4, -0.2) is 38.2 Å². The Labute approximate surface area is 136 Å². The van der Waals surface area contributed by atoms with Gasteiger partial charge < -0.3 is 24.8 Å². The molecule has 0 aromatic heterocycles. The van der Waals surface area contributed by atoms with Crippen molar-refractivity contribution in [1.82, 2.24) is 5.32 Å². The molecule has 1 saturated heterocycles. The van der Waals surface area contributed by atoms with E-state index in [0.717, 1.165) is 12.0 Å². The standard InChI is InChI=1S/C17H24N2O4/c1-13(2)11-21-15-7-4-6-14(10-15)19-16(20)18-12-17(3)22-8-5-9-23-17/h4,6-7,10H,1,5,8-9,11-12H2,2-3H3,(H2,18,19,20). The van der Waals surface area contributed by atoms with Gasteiger partial charge in [0.15, 0.2) is 5.79 Å². The molecule has 1 aliphatic rings. The number of nitrogens with one attached hydrogen (secondary N) is 2. The van der Waals surface area contributed by atoms with Crippen molar-refractivity contribution in [1.29, 1.82) is 0 Å². The summed E-state index contributed by atoms with van der Waals surface area (Å²) in [4.78, 5) is 12.0. The van der Waals surface area contributed by atoms with Gasteiger partial charge in [-0.05, 0) is 38.0 Å². The quantitative estimate of drug-likeness (QED) is 0.791. The molecule has 0 atom stereocenters. The van der Waals surface area contributed by atoms with E-state index in [4.69, 9.17) is 14.2 Å². The first-order valence-electron chi connectivity index (χ1n) is 7.67. The smallest absolute Gasteiger partial charge is 0.319 e. The maximum atomic E-state index is 12.0. The Hall–Kier alpha value is -2.05. The minimum atomic E-state index is -0.762. The molecule has 0 radical (unpaired) electrons. The van der Waals surface area contributed by atoms with Gasteiger partial charge in [0.1, 0.15) is 12.4 Å². The number of carbonyl (C=O) groups is 1. The highest BCUT2D eigenvalue weighted by Crippen LogP contribution is 2.19. The Morgan fingerprint density at radius 1 is 1.39 bits per heavy atom. The summed E-state index contributed by atoms with van der Waals surface area (Å²) in [6.07, 6.45) is 0.874. The summed E-state index contributed by atoms with van der Waals surface area (Å²) in [5, 5.41) is 5.52. The van der Waals surface area contributed by atoms with Gasteiger partial charge in [0.2, 0.25) is 0 Å². The number of amides is 2. The van der Waals surface area contributed by atoms with Crippen molar-refractivity contribution in [3.05, 3.63) is 36.4 Å². The predicted molar refractivity (Wildman–Crippen MR) is 88.7 cm³/mol. The lowest BCUT2D eigenvalue weighted by Gasteiger charge is -2.33. The first-order chi connectivity index (χ1) is 11.0. The van der Waals surface area contributed by atoms with E-state index in [1.54, 1.807) is 12.1 Å². The molecule has 1 aliphatic heterocycles. The van der Waals surface area contributed by atoms with Gasteiger partial charge in [-0.3, -0.25) is 0 Å². The lowest BCUT2D eigenvalue weighted by molar-refractivity contribution is -0.250. The van der Waals surface area contributed by atoms with Crippen LogP contribution in [0.25, 0.3) is 0 Å². The van der Waals surface area contributed by atoms with Crippen molar-refractivity contribution in [2.24, 2.45) is 0 Å². The molecule has 0 unspecified atom stereocenters. The van der Waals surface area contributed by atoms with Gasteiger partial charge in [-0.25, -0.2) is 4.79 Å². The van der Waals surface area contributed by atoms with Gasteiger partial charge in [-0.15, -0.1) is 0 Å². The SMILES string of the molecule is C=C(C)COc1cccc(NC(=O)NCC2(C)OCCCO2)c1. The summed E-state index contributed by atoms with van der Waals surface area (Å²) < 4.78 is 16.6. The molecular weight excluding hydrogens is 296 g/mol. The largest absolute Gasteiger partial charge is 0.489 e. The number of urea groups is 1. The molecular formula is C17H24N2O4. The third kappa shape index (κ3) is 5.92. The zero-order chi connectivity index (χ0) is 16.7. The predicted octanol–water partition coefficient (Wildman–Crippen LogP) is 2.92. The molecule has 2 N–H and O–H groups in total. The molecule has 126 valence electrons. The zero-order valence-electron chi connectivity index (χ0n) is 13.7. The molecule has 6 nitrogen and oxygen atoms in total. The molecule has 1 fully saturated rings. The van der Waals surface area contributed by atoms with E-state index in [-0.39, 0.29) is 12.6 Å². The second-order valence-electron chi connectivity index (χ2n) is 5.77. The van der Waals surface area contributed by atoms with Crippen LogP contribution in [0.2, 0.25) is 0 Å². The fraction of sp³-hybridized carbons (Fsp3) is 0.471. The van der Waals surface area contributed by atoms with E-state index >= 15 is 0 Å². The Morgan fingerprint density at radius 3 is 2.83 bits per heavy atom. The Kier molecular flexibility index (Phi) is 6.01. The van der Waals surface area contributed by atoms with Crippen LogP contribution in [0.4, 0.5) is 10.5 Å². The summed E-state index contributed by atoms with van der Waals surface area (Å²) in [6, 6.07) is 6.89. The Bertz CT molecular complexity index is 553. The van der Waals surface area contributed by atoms with E-state index in [0.29, 0.717) is 31.3 Å². The third-order valence-corrected chi connectivity index (χ3v) is 3.25. The zero-order valence-corrected chi connectivity index (χ0v) is 13.7. The highest BCUT2D eigenvalue weighted by molar-refractivity contribution is 5.89. The summed E-state index contributed by atoms with van der Waals surface area (Å²) in [5.41, 5.74) is 1.58. The van der Waals surface area contributed by atoms with Gasteiger partial charge in [0.25, 0.3) is 0 Å². The van der Waals surface area contributed by atoms with Crippen LogP contribution < -0.4 is 15.4 Å². The average molecular weight is 320 g/mol. The van der Waals surface area contributed by atoms with Crippen LogP contribution in [0.3, 0.4) is 0 Å². The second kappa shape index (κ2) is 7.99.